The third-order valence-electron chi connectivity index (χ3n) is 4.52. The van der Waals surface area contributed by atoms with Gasteiger partial charge in [-0.3, -0.25) is 9.47 Å². The van der Waals surface area contributed by atoms with Gasteiger partial charge in [0.25, 0.3) is 0 Å². The second-order valence-corrected chi connectivity index (χ2v) is 5.79. The van der Waals surface area contributed by atoms with Crippen LogP contribution in [-0.2, 0) is 11.3 Å². The summed E-state index contributed by atoms with van der Waals surface area (Å²) in [7, 11) is 0. The average Bonchev–Trinajstić information content (AvgIpc) is 2.68. The fourth-order valence-electron chi connectivity index (χ4n) is 3.09. The van der Waals surface area contributed by atoms with E-state index in [1.165, 1.54) is 31.7 Å². The molecule has 1 saturated heterocycles. The van der Waals surface area contributed by atoms with Crippen molar-refractivity contribution in [1.29, 1.82) is 0 Å². The summed E-state index contributed by atoms with van der Waals surface area (Å²) in [6.07, 6.45) is 6.68. The van der Waals surface area contributed by atoms with Gasteiger partial charge in [-0.2, -0.15) is 8.78 Å². The molecule has 0 aromatic carbocycles. The molecule has 2 fully saturated rings. The van der Waals surface area contributed by atoms with Crippen molar-refractivity contribution in [2.24, 2.45) is 11.8 Å². The molecular weight excluding hydrogens is 264 g/mol. The number of alkyl halides is 2. The van der Waals surface area contributed by atoms with Gasteiger partial charge in [-0.15, -0.1) is 0 Å². The summed E-state index contributed by atoms with van der Waals surface area (Å²) in [5, 5.41) is 0. The Kier molecular flexibility index (Phi) is 4.31. The molecule has 4 nitrogen and oxygen atoms in total. The van der Waals surface area contributed by atoms with E-state index in [-0.39, 0.29) is 0 Å². The standard InChI is InChI=1S/C14H21F2N3O/c15-14(16)19-5-4-17-13(19)9-18-6-7-20-10-12(8-18)11-2-1-3-11/h4-5,11-12,14H,1-3,6-10H2. The molecular formula is C14H21F2N3O. The molecule has 112 valence electrons. The monoisotopic (exact) mass is 285 g/mol. The van der Waals surface area contributed by atoms with Crippen molar-refractivity contribution >= 4 is 0 Å². The van der Waals surface area contributed by atoms with E-state index in [1.807, 2.05) is 0 Å². The van der Waals surface area contributed by atoms with E-state index in [2.05, 4.69) is 9.88 Å². The van der Waals surface area contributed by atoms with Gasteiger partial charge in [0.1, 0.15) is 5.82 Å². The second kappa shape index (κ2) is 6.18. The molecule has 20 heavy (non-hydrogen) atoms. The largest absolute Gasteiger partial charge is 0.380 e. The Morgan fingerprint density at radius 2 is 2.20 bits per heavy atom. The first-order valence-corrected chi connectivity index (χ1v) is 7.34. The molecule has 1 aromatic heterocycles. The SMILES string of the molecule is FC(F)n1ccnc1CN1CCOCC(C2CCC2)C1. The molecule has 0 radical (unpaired) electrons. The van der Waals surface area contributed by atoms with Crippen LogP contribution in [0.4, 0.5) is 8.78 Å². The lowest BCUT2D eigenvalue weighted by molar-refractivity contribution is 0.0625. The molecule has 0 spiro atoms. The van der Waals surface area contributed by atoms with Crippen LogP contribution < -0.4 is 0 Å². The summed E-state index contributed by atoms with van der Waals surface area (Å²) in [5.74, 6) is 1.74. The maximum Gasteiger partial charge on any atom is 0.319 e. The molecule has 2 aliphatic rings. The number of nitrogens with zero attached hydrogens (tertiary/aromatic N) is 3. The summed E-state index contributed by atoms with van der Waals surface area (Å²) in [4.78, 5) is 6.27. The summed E-state index contributed by atoms with van der Waals surface area (Å²) in [6.45, 7) is 1.17. The number of aromatic nitrogens is 2. The van der Waals surface area contributed by atoms with E-state index in [0.717, 1.165) is 30.2 Å². The van der Waals surface area contributed by atoms with Crippen LogP contribution in [0.3, 0.4) is 0 Å². The Morgan fingerprint density at radius 3 is 2.90 bits per heavy atom. The van der Waals surface area contributed by atoms with Gasteiger partial charge >= 0.3 is 6.55 Å². The lowest BCUT2D eigenvalue weighted by atomic mass is 9.76. The fraction of sp³-hybridized carbons (Fsp3) is 0.786. The minimum Gasteiger partial charge on any atom is -0.380 e. The predicted octanol–water partition coefficient (Wildman–Crippen LogP) is 2.53. The minimum absolute atomic E-state index is 0.439. The Labute approximate surface area is 117 Å². The van der Waals surface area contributed by atoms with Gasteiger partial charge in [0.05, 0.1) is 19.8 Å². The molecule has 0 amide bonds. The zero-order valence-electron chi connectivity index (χ0n) is 11.5. The van der Waals surface area contributed by atoms with Crippen LogP contribution in [0.15, 0.2) is 12.4 Å². The number of hydrogen-bond acceptors (Lipinski definition) is 3. The van der Waals surface area contributed by atoms with E-state index in [1.54, 1.807) is 0 Å². The van der Waals surface area contributed by atoms with Gasteiger partial charge in [0.2, 0.25) is 0 Å². The first-order chi connectivity index (χ1) is 9.74. The Morgan fingerprint density at radius 1 is 1.35 bits per heavy atom. The third-order valence-corrected chi connectivity index (χ3v) is 4.52. The number of rotatable bonds is 4. The van der Waals surface area contributed by atoms with Crippen molar-refractivity contribution in [2.45, 2.75) is 32.4 Å². The van der Waals surface area contributed by atoms with E-state index < -0.39 is 6.55 Å². The lowest BCUT2D eigenvalue weighted by Gasteiger charge is -2.34. The van der Waals surface area contributed by atoms with E-state index in [9.17, 15) is 8.78 Å². The van der Waals surface area contributed by atoms with Crippen molar-refractivity contribution in [3.05, 3.63) is 18.2 Å². The average molecular weight is 285 g/mol. The number of hydrogen-bond donors (Lipinski definition) is 0. The van der Waals surface area contributed by atoms with Crippen molar-refractivity contribution in [3.63, 3.8) is 0 Å². The zero-order chi connectivity index (χ0) is 13.9. The number of halogens is 2. The molecule has 1 aliphatic heterocycles. The Balaban J connectivity index is 1.64. The minimum atomic E-state index is -2.52. The van der Waals surface area contributed by atoms with Crippen LogP contribution in [0.25, 0.3) is 0 Å². The zero-order valence-corrected chi connectivity index (χ0v) is 11.5. The normalized spacial score (nSPS) is 25.6. The van der Waals surface area contributed by atoms with Gasteiger partial charge in [0, 0.05) is 25.5 Å². The highest BCUT2D eigenvalue weighted by molar-refractivity contribution is 4.93. The van der Waals surface area contributed by atoms with E-state index in [0.29, 0.717) is 24.9 Å². The molecule has 2 heterocycles. The molecule has 1 atom stereocenters. The summed E-state index contributed by atoms with van der Waals surface area (Å²) in [6, 6.07) is 0. The Bertz CT molecular complexity index is 434. The smallest absolute Gasteiger partial charge is 0.319 e. The van der Waals surface area contributed by atoms with Crippen molar-refractivity contribution in [3.8, 4) is 0 Å². The van der Waals surface area contributed by atoms with Crippen LogP contribution in [-0.4, -0.2) is 40.8 Å². The van der Waals surface area contributed by atoms with E-state index >= 15 is 0 Å². The van der Waals surface area contributed by atoms with Crippen LogP contribution >= 0.6 is 0 Å². The molecule has 0 bridgehead atoms. The second-order valence-electron chi connectivity index (χ2n) is 5.79. The molecule has 1 aromatic rings. The first-order valence-electron chi connectivity index (χ1n) is 7.34. The highest BCUT2D eigenvalue weighted by atomic mass is 19.3. The van der Waals surface area contributed by atoms with Crippen molar-refractivity contribution in [1.82, 2.24) is 14.5 Å². The number of ether oxygens (including phenoxy) is 1. The fourth-order valence-corrected chi connectivity index (χ4v) is 3.09. The van der Waals surface area contributed by atoms with Gasteiger partial charge in [-0.1, -0.05) is 19.3 Å². The number of imidazole rings is 1. The van der Waals surface area contributed by atoms with Crippen LogP contribution in [0.2, 0.25) is 0 Å². The molecule has 3 rings (SSSR count). The summed E-state index contributed by atoms with van der Waals surface area (Å²) in [5.41, 5.74) is 0. The van der Waals surface area contributed by atoms with Gasteiger partial charge in [-0.05, 0) is 11.8 Å². The van der Waals surface area contributed by atoms with Crippen molar-refractivity contribution in [2.75, 3.05) is 26.3 Å². The van der Waals surface area contributed by atoms with Crippen molar-refractivity contribution < 1.29 is 13.5 Å². The maximum atomic E-state index is 12.8. The highest BCUT2D eigenvalue weighted by Gasteiger charge is 2.30. The van der Waals surface area contributed by atoms with Crippen LogP contribution in [0, 0.1) is 11.8 Å². The maximum absolute atomic E-state index is 12.8. The van der Waals surface area contributed by atoms with Crippen LogP contribution in [0.5, 0.6) is 0 Å². The van der Waals surface area contributed by atoms with E-state index in [4.69, 9.17) is 4.74 Å². The van der Waals surface area contributed by atoms with Gasteiger partial charge in [0.15, 0.2) is 0 Å². The highest BCUT2D eigenvalue weighted by Crippen LogP contribution is 2.35. The molecule has 6 heteroatoms. The topological polar surface area (TPSA) is 30.3 Å². The molecule has 1 unspecified atom stereocenters. The summed E-state index contributed by atoms with van der Waals surface area (Å²) >= 11 is 0. The van der Waals surface area contributed by atoms with Crippen LogP contribution in [0.1, 0.15) is 31.6 Å². The molecule has 1 aliphatic carbocycles. The van der Waals surface area contributed by atoms with Gasteiger partial charge in [-0.25, -0.2) is 4.98 Å². The third kappa shape index (κ3) is 3.01. The quantitative estimate of drug-likeness (QED) is 0.851. The molecule has 0 N–H and O–H groups in total. The van der Waals surface area contributed by atoms with Gasteiger partial charge < -0.3 is 4.74 Å². The predicted molar refractivity (Wildman–Crippen MR) is 70.4 cm³/mol. The first kappa shape index (κ1) is 13.9. The Hall–Kier alpha value is -1.01. The molecule has 1 saturated carbocycles. The summed E-state index contributed by atoms with van der Waals surface area (Å²) < 4.78 is 32.3. The lowest BCUT2D eigenvalue weighted by Crippen LogP contribution is -2.35.